The number of aliphatic hydroxyl groups is 4. The van der Waals surface area contributed by atoms with E-state index in [-0.39, 0.29) is 39.5 Å². The summed E-state index contributed by atoms with van der Waals surface area (Å²) in [5.41, 5.74) is -0.695. The number of fused-ring (bicyclic) bond motifs is 1. The number of hydrogen-bond donors (Lipinski definition) is 7. The maximum absolute atomic E-state index is 12.9. The lowest BCUT2D eigenvalue weighted by Gasteiger charge is -2.39. The molecule has 1 aliphatic heterocycles. The zero-order valence-corrected chi connectivity index (χ0v) is 17.7. The number of phenols is 3. The molecule has 12 heteroatoms. The molecule has 7 N–H and O–H groups in total. The van der Waals surface area contributed by atoms with Crippen molar-refractivity contribution in [2.75, 3.05) is 13.7 Å². The quantitative estimate of drug-likeness (QED) is 0.254. The third-order valence-corrected chi connectivity index (χ3v) is 5.44. The van der Waals surface area contributed by atoms with Crippen molar-refractivity contribution in [2.24, 2.45) is 0 Å². The molecule has 0 spiro atoms. The van der Waals surface area contributed by atoms with Crippen molar-refractivity contribution in [1.82, 2.24) is 0 Å². The highest BCUT2D eigenvalue weighted by Crippen LogP contribution is 2.39. The molecule has 2 heterocycles. The molecule has 1 aromatic heterocycles. The van der Waals surface area contributed by atoms with Crippen LogP contribution in [-0.4, -0.2) is 80.2 Å². The fourth-order valence-electron chi connectivity index (χ4n) is 3.68. The summed E-state index contributed by atoms with van der Waals surface area (Å²) < 4.78 is 21.7. The van der Waals surface area contributed by atoms with Gasteiger partial charge in [0.15, 0.2) is 17.3 Å². The summed E-state index contributed by atoms with van der Waals surface area (Å²) in [6.07, 6.45) is -7.81. The lowest BCUT2D eigenvalue weighted by Crippen LogP contribution is -2.60. The van der Waals surface area contributed by atoms with Gasteiger partial charge in [0.05, 0.1) is 13.7 Å². The number of methoxy groups -OCH3 is 1. The van der Waals surface area contributed by atoms with Gasteiger partial charge < -0.3 is 54.4 Å². The fourth-order valence-corrected chi connectivity index (χ4v) is 3.68. The third-order valence-electron chi connectivity index (χ3n) is 5.44. The van der Waals surface area contributed by atoms with Crippen LogP contribution in [0.5, 0.6) is 28.7 Å². The third kappa shape index (κ3) is 3.97. The summed E-state index contributed by atoms with van der Waals surface area (Å²) >= 11 is 0. The van der Waals surface area contributed by atoms with Crippen molar-refractivity contribution in [3.8, 4) is 40.1 Å². The summed E-state index contributed by atoms with van der Waals surface area (Å²) in [7, 11) is 1.21. The average molecular weight is 478 g/mol. The van der Waals surface area contributed by atoms with E-state index in [0.717, 1.165) is 12.1 Å². The molecule has 34 heavy (non-hydrogen) atoms. The number of ether oxygens (including phenoxy) is 3. The fraction of sp³-hybridized carbons (Fsp3) is 0.318. The topological polar surface area (TPSA) is 200 Å². The maximum Gasteiger partial charge on any atom is 0.239 e. The lowest BCUT2D eigenvalue weighted by atomic mass is 9.99. The predicted molar refractivity (Wildman–Crippen MR) is 114 cm³/mol. The molecule has 0 bridgehead atoms. The number of hydrogen-bond acceptors (Lipinski definition) is 12. The second-order valence-electron chi connectivity index (χ2n) is 7.63. The summed E-state index contributed by atoms with van der Waals surface area (Å²) in [5, 5.41) is 69.2. The van der Waals surface area contributed by atoms with Crippen molar-refractivity contribution in [1.29, 1.82) is 0 Å². The van der Waals surface area contributed by atoms with Gasteiger partial charge in [0, 0.05) is 17.7 Å². The molecule has 5 atom stereocenters. The van der Waals surface area contributed by atoms with E-state index in [2.05, 4.69) is 0 Å². The Kier molecular flexibility index (Phi) is 6.25. The summed E-state index contributed by atoms with van der Waals surface area (Å²) in [6, 6.07) is 5.89. The summed E-state index contributed by atoms with van der Waals surface area (Å²) in [5.74, 6) is -1.92. The molecule has 1 saturated heterocycles. The standard InChI is InChI=1S/C22H22O12/c1-31-21-17(28)15-11(26)5-9(24)6-13(15)32-20(21)8-2-3-10(25)12(4-8)33-22-19(30)18(29)16(27)14(7-23)34-22/h2-6,14,16,18-19,22-27,29-30H,7H2,1H3/t14?,16-,18-,19?,22+/m0/s1. The molecule has 2 aromatic carbocycles. The number of benzene rings is 2. The molecular formula is C22H22O12. The van der Waals surface area contributed by atoms with Crippen LogP contribution in [0.3, 0.4) is 0 Å². The highest BCUT2D eigenvalue weighted by atomic mass is 16.7. The highest BCUT2D eigenvalue weighted by Gasteiger charge is 2.45. The van der Waals surface area contributed by atoms with Crippen LogP contribution in [0.25, 0.3) is 22.3 Å². The molecule has 1 aliphatic rings. The number of aromatic hydroxyl groups is 3. The molecule has 2 unspecified atom stereocenters. The number of rotatable bonds is 5. The van der Waals surface area contributed by atoms with E-state index >= 15 is 0 Å². The Balaban J connectivity index is 1.77. The molecule has 0 saturated carbocycles. The van der Waals surface area contributed by atoms with Gasteiger partial charge in [0.2, 0.25) is 17.5 Å². The normalized spacial score (nSPS) is 24.8. The van der Waals surface area contributed by atoms with Crippen LogP contribution >= 0.6 is 0 Å². The summed E-state index contributed by atoms with van der Waals surface area (Å²) in [6.45, 7) is -0.671. The first-order valence-corrected chi connectivity index (χ1v) is 10.0. The largest absolute Gasteiger partial charge is 0.508 e. The van der Waals surface area contributed by atoms with Crippen molar-refractivity contribution >= 4 is 11.0 Å². The molecule has 4 rings (SSSR count). The van der Waals surface area contributed by atoms with E-state index in [9.17, 15) is 40.5 Å². The van der Waals surface area contributed by atoms with Crippen LogP contribution in [0.4, 0.5) is 0 Å². The Labute approximate surface area is 191 Å². The molecule has 182 valence electrons. The van der Waals surface area contributed by atoms with E-state index in [1.165, 1.54) is 25.3 Å². The van der Waals surface area contributed by atoms with Crippen LogP contribution in [0.15, 0.2) is 39.5 Å². The van der Waals surface area contributed by atoms with Crippen LogP contribution in [-0.2, 0) is 4.74 Å². The molecule has 0 aliphatic carbocycles. The number of phenolic OH excluding ortho intramolecular Hbond substituents is 3. The summed E-state index contributed by atoms with van der Waals surface area (Å²) in [4.78, 5) is 12.9. The zero-order chi connectivity index (χ0) is 24.7. The van der Waals surface area contributed by atoms with Gasteiger partial charge in [-0.1, -0.05) is 0 Å². The Hall–Kier alpha value is -3.55. The van der Waals surface area contributed by atoms with Crippen LogP contribution in [0.2, 0.25) is 0 Å². The van der Waals surface area contributed by atoms with Gasteiger partial charge >= 0.3 is 0 Å². The van der Waals surface area contributed by atoms with E-state index < -0.39 is 54.2 Å². The van der Waals surface area contributed by atoms with E-state index in [0.29, 0.717) is 0 Å². The van der Waals surface area contributed by atoms with Gasteiger partial charge in [-0.15, -0.1) is 0 Å². The maximum atomic E-state index is 12.9. The van der Waals surface area contributed by atoms with Crippen molar-refractivity contribution in [2.45, 2.75) is 30.7 Å². The second kappa shape index (κ2) is 9.00. The van der Waals surface area contributed by atoms with Gasteiger partial charge in [0.25, 0.3) is 0 Å². The van der Waals surface area contributed by atoms with Crippen molar-refractivity contribution < 1.29 is 54.4 Å². The lowest BCUT2D eigenvalue weighted by molar-refractivity contribution is -0.277. The average Bonchev–Trinajstić information content (AvgIpc) is 2.80. The van der Waals surface area contributed by atoms with E-state index in [1.807, 2.05) is 0 Å². The SMILES string of the molecule is COc1c(-c2ccc(O)c(O[C@@H]3OC(CO)[C@H](O)[C@H](O)C3O)c2)oc2cc(O)cc(O)c2c1=O. The van der Waals surface area contributed by atoms with Crippen LogP contribution in [0, 0.1) is 0 Å². The molecule has 0 radical (unpaired) electrons. The first kappa shape index (κ1) is 23.6. The second-order valence-corrected chi connectivity index (χ2v) is 7.63. The van der Waals surface area contributed by atoms with E-state index in [1.54, 1.807) is 0 Å². The zero-order valence-electron chi connectivity index (χ0n) is 17.7. The van der Waals surface area contributed by atoms with Crippen molar-refractivity contribution in [3.05, 3.63) is 40.6 Å². The molecular weight excluding hydrogens is 456 g/mol. The molecule has 0 amide bonds. The monoisotopic (exact) mass is 478 g/mol. The molecule has 1 fully saturated rings. The first-order chi connectivity index (χ1) is 16.2. The van der Waals surface area contributed by atoms with Crippen LogP contribution < -0.4 is 14.9 Å². The molecule has 3 aromatic rings. The van der Waals surface area contributed by atoms with Crippen molar-refractivity contribution in [3.63, 3.8) is 0 Å². The minimum absolute atomic E-state index is 0.122. The Bertz CT molecular complexity index is 1270. The Morgan fingerprint density at radius 1 is 0.971 bits per heavy atom. The Morgan fingerprint density at radius 2 is 1.71 bits per heavy atom. The smallest absolute Gasteiger partial charge is 0.239 e. The first-order valence-electron chi connectivity index (χ1n) is 10.0. The van der Waals surface area contributed by atoms with Gasteiger partial charge in [-0.25, -0.2) is 0 Å². The number of aliphatic hydroxyl groups excluding tert-OH is 4. The molecule has 12 nitrogen and oxygen atoms in total. The Morgan fingerprint density at radius 3 is 2.38 bits per heavy atom. The predicted octanol–water partition coefficient (Wildman–Crippen LogP) is -0.236. The van der Waals surface area contributed by atoms with E-state index in [4.69, 9.17) is 18.6 Å². The minimum Gasteiger partial charge on any atom is -0.508 e. The van der Waals surface area contributed by atoms with Gasteiger partial charge in [-0.2, -0.15) is 0 Å². The van der Waals surface area contributed by atoms with Gasteiger partial charge in [-0.05, 0) is 18.2 Å². The van der Waals surface area contributed by atoms with Gasteiger partial charge in [0.1, 0.15) is 46.9 Å². The minimum atomic E-state index is -1.72. The van der Waals surface area contributed by atoms with Crippen LogP contribution in [0.1, 0.15) is 0 Å². The highest BCUT2D eigenvalue weighted by molar-refractivity contribution is 5.88. The van der Waals surface area contributed by atoms with Gasteiger partial charge in [-0.3, -0.25) is 4.79 Å².